The van der Waals surface area contributed by atoms with Crippen LogP contribution in [0.5, 0.6) is 0 Å². The predicted molar refractivity (Wildman–Crippen MR) is 117 cm³/mol. The number of nitrogens with zero attached hydrogens (tertiary/aromatic N) is 3. The Morgan fingerprint density at radius 1 is 1.07 bits per heavy atom. The van der Waals surface area contributed by atoms with E-state index in [1.807, 2.05) is 41.3 Å². The van der Waals surface area contributed by atoms with Crippen LogP contribution in [0, 0.1) is 6.92 Å². The summed E-state index contributed by atoms with van der Waals surface area (Å²) in [5, 5.41) is 4.16. The minimum absolute atomic E-state index is 0.0680. The van der Waals surface area contributed by atoms with E-state index in [0.717, 1.165) is 30.5 Å². The molecule has 30 heavy (non-hydrogen) atoms. The first kappa shape index (κ1) is 20.3. The third-order valence-corrected chi connectivity index (χ3v) is 5.81. The van der Waals surface area contributed by atoms with E-state index in [2.05, 4.69) is 50.0 Å². The van der Waals surface area contributed by atoms with Crippen LogP contribution in [0.15, 0.2) is 53.1 Å². The molecule has 0 bridgehead atoms. The zero-order valence-electron chi connectivity index (χ0n) is 18.2. The Balaban J connectivity index is 1.47. The van der Waals surface area contributed by atoms with Crippen molar-refractivity contribution < 1.29 is 9.32 Å². The minimum atomic E-state index is 0.0680. The number of rotatable bonds is 3. The maximum atomic E-state index is 13.1. The maximum absolute atomic E-state index is 13.1. The number of hydrogen-bond acceptors (Lipinski definition) is 4. The van der Waals surface area contributed by atoms with Gasteiger partial charge in [0.25, 0.3) is 5.91 Å². The summed E-state index contributed by atoms with van der Waals surface area (Å²) >= 11 is 0. The van der Waals surface area contributed by atoms with Crippen molar-refractivity contribution >= 4 is 5.91 Å². The zero-order chi connectivity index (χ0) is 21.3. The normalized spacial score (nSPS) is 17.2. The van der Waals surface area contributed by atoms with Crippen molar-refractivity contribution in [3.05, 3.63) is 71.1 Å². The van der Waals surface area contributed by atoms with E-state index in [-0.39, 0.29) is 17.2 Å². The Kier molecular flexibility index (Phi) is 5.46. The summed E-state index contributed by atoms with van der Waals surface area (Å²) in [6, 6.07) is 16.1. The highest BCUT2D eigenvalue weighted by molar-refractivity contribution is 5.94. The van der Waals surface area contributed by atoms with Crippen molar-refractivity contribution in [1.82, 2.24) is 15.0 Å². The average molecular weight is 404 g/mol. The van der Waals surface area contributed by atoms with Gasteiger partial charge in [-0.05, 0) is 42.9 Å². The summed E-state index contributed by atoms with van der Waals surface area (Å²) < 4.78 is 5.58. The van der Waals surface area contributed by atoms with Gasteiger partial charge in [-0.25, -0.2) is 0 Å². The van der Waals surface area contributed by atoms with E-state index in [1.165, 1.54) is 11.1 Å². The summed E-state index contributed by atoms with van der Waals surface area (Å²) in [6.45, 7) is 9.94. The van der Waals surface area contributed by atoms with Crippen LogP contribution in [0.25, 0.3) is 11.4 Å². The third-order valence-electron chi connectivity index (χ3n) is 5.81. The first-order valence-corrected chi connectivity index (χ1v) is 10.6. The van der Waals surface area contributed by atoms with Crippen molar-refractivity contribution in [2.45, 2.75) is 51.9 Å². The van der Waals surface area contributed by atoms with Gasteiger partial charge in [-0.3, -0.25) is 4.79 Å². The van der Waals surface area contributed by atoms with Crippen molar-refractivity contribution in [3.63, 3.8) is 0 Å². The van der Waals surface area contributed by atoms with Gasteiger partial charge < -0.3 is 9.42 Å². The SMILES string of the molecule is Cc1ccc(-c2noc([C@@H]3CCCN(C(=O)c4ccc(C(C)(C)C)cc4)C3)n2)cc1. The Morgan fingerprint density at radius 2 is 1.77 bits per heavy atom. The molecule has 1 aliphatic rings. The molecule has 1 amide bonds. The van der Waals surface area contributed by atoms with E-state index in [4.69, 9.17) is 4.52 Å². The molecule has 0 aliphatic carbocycles. The van der Waals surface area contributed by atoms with Gasteiger partial charge in [-0.15, -0.1) is 0 Å². The average Bonchev–Trinajstić information content (AvgIpc) is 3.24. The van der Waals surface area contributed by atoms with Gasteiger partial charge in [0.05, 0.1) is 5.92 Å². The summed E-state index contributed by atoms with van der Waals surface area (Å²) in [7, 11) is 0. The van der Waals surface area contributed by atoms with Crippen LogP contribution in [0.3, 0.4) is 0 Å². The number of benzene rings is 2. The molecule has 1 saturated heterocycles. The van der Waals surface area contributed by atoms with Crippen LogP contribution < -0.4 is 0 Å². The second kappa shape index (κ2) is 8.05. The number of aryl methyl sites for hydroxylation is 1. The molecule has 0 unspecified atom stereocenters. The molecule has 4 rings (SSSR count). The summed E-state index contributed by atoms with van der Waals surface area (Å²) in [5.41, 5.74) is 4.17. The van der Waals surface area contributed by atoms with E-state index < -0.39 is 0 Å². The van der Waals surface area contributed by atoms with Gasteiger partial charge in [0.2, 0.25) is 11.7 Å². The van der Waals surface area contributed by atoms with Gasteiger partial charge >= 0.3 is 0 Å². The lowest BCUT2D eigenvalue weighted by Crippen LogP contribution is -2.39. The van der Waals surface area contributed by atoms with Crippen LogP contribution in [0.2, 0.25) is 0 Å². The minimum Gasteiger partial charge on any atom is -0.339 e. The number of carbonyl (C=O) groups excluding carboxylic acids is 1. The Labute approximate surface area is 178 Å². The van der Waals surface area contributed by atoms with E-state index in [9.17, 15) is 4.79 Å². The van der Waals surface area contributed by atoms with Gasteiger partial charge in [0, 0.05) is 24.2 Å². The molecule has 3 aromatic rings. The summed E-state index contributed by atoms with van der Waals surface area (Å²) in [4.78, 5) is 19.6. The van der Waals surface area contributed by atoms with E-state index in [0.29, 0.717) is 18.3 Å². The van der Waals surface area contributed by atoms with Gasteiger partial charge in [-0.2, -0.15) is 4.98 Å². The van der Waals surface area contributed by atoms with Gasteiger partial charge in [0.1, 0.15) is 0 Å². The first-order chi connectivity index (χ1) is 14.3. The van der Waals surface area contributed by atoms with Crippen LogP contribution in [-0.4, -0.2) is 34.0 Å². The highest BCUT2D eigenvalue weighted by Crippen LogP contribution is 2.29. The van der Waals surface area contributed by atoms with Crippen LogP contribution >= 0.6 is 0 Å². The van der Waals surface area contributed by atoms with E-state index in [1.54, 1.807) is 0 Å². The van der Waals surface area contributed by atoms with Crippen molar-refractivity contribution in [3.8, 4) is 11.4 Å². The third kappa shape index (κ3) is 4.30. The predicted octanol–water partition coefficient (Wildman–Crippen LogP) is 5.36. The lowest BCUT2D eigenvalue weighted by Gasteiger charge is -2.31. The highest BCUT2D eigenvalue weighted by Gasteiger charge is 2.29. The molecular formula is C25H29N3O2. The smallest absolute Gasteiger partial charge is 0.253 e. The number of likely N-dealkylation sites (tertiary alicyclic amines) is 1. The fourth-order valence-electron chi connectivity index (χ4n) is 3.88. The van der Waals surface area contributed by atoms with Gasteiger partial charge in [0.15, 0.2) is 0 Å². The van der Waals surface area contributed by atoms with Gasteiger partial charge in [-0.1, -0.05) is 67.9 Å². The molecule has 0 radical (unpaired) electrons. The number of amides is 1. The molecule has 1 aliphatic heterocycles. The Bertz CT molecular complexity index is 1010. The number of hydrogen-bond donors (Lipinski definition) is 0. The molecule has 1 fully saturated rings. The zero-order valence-corrected chi connectivity index (χ0v) is 18.2. The molecule has 0 spiro atoms. The monoisotopic (exact) mass is 403 g/mol. The molecule has 2 heterocycles. The van der Waals surface area contributed by atoms with Crippen molar-refractivity contribution in [1.29, 1.82) is 0 Å². The molecule has 0 N–H and O–H groups in total. The quantitative estimate of drug-likeness (QED) is 0.590. The standard InChI is InChI=1S/C25H29N3O2/c1-17-7-9-18(10-8-17)22-26-23(30-27-22)20-6-5-15-28(16-20)24(29)19-11-13-21(14-12-19)25(2,3)4/h7-14,20H,5-6,15-16H2,1-4H3/t20-/m1/s1. The maximum Gasteiger partial charge on any atom is 0.253 e. The molecule has 1 atom stereocenters. The molecule has 1 aromatic heterocycles. The molecule has 5 heteroatoms. The van der Waals surface area contributed by atoms with Crippen LogP contribution in [0.1, 0.15) is 66.9 Å². The highest BCUT2D eigenvalue weighted by atomic mass is 16.5. The number of carbonyl (C=O) groups is 1. The number of aromatic nitrogens is 2. The molecule has 0 saturated carbocycles. The molecule has 5 nitrogen and oxygen atoms in total. The fourth-order valence-corrected chi connectivity index (χ4v) is 3.88. The topological polar surface area (TPSA) is 59.2 Å². The first-order valence-electron chi connectivity index (χ1n) is 10.6. The largest absolute Gasteiger partial charge is 0.339 e. The van der Waals surface area contributed by atoms with Crippen LogP contribution in [-0.2, 0) is 5.41 Å². The van der Waals surface area contributed by atoms with Crippen molar-refractivity contribution in [2.24, 2.45) is 0 Å². The Hall–Kier alpha value is -2.95. The summed E-state index contributed by atoms with van der Waals surface area (Å²) in [6.07, 6.45) is 1.88. The van der Waals surface area contributed by atoms with Crippen molar-refractivity contribution in [2.75, 3.05) is 13.1 Å². The van der Waals surface area contributed by atoms with Crippen LogP contribution in [0.4, 0.5) is 0 Å². The lowest BCUT2D eigenvalue weighted by atomic mass is 9.86. The molecular weight excluding hydrogens is 374 g/mol. The molecule has 156 valence electrons. The lowest BCUT2D eigenvalue weighted by molar-refractivity contribution is 0.0695. The fraction of sp³-hybridized carbons (Fsp3) is 0.400. The molecule has 2 aromatic carbocycles. The second-order valence-electron chi connectivity index (χ2n) is 9.24. The summed E-state index contributed by atoms with van der Waals surface area (Å²) in [5.74, 6) is 1.36. The van der Waals surface area contributed by atoms with E-state index >= 15 is 0 Å². The number of piperidine rings is 1. The Morgan fingerprint density at radius 3 is 2.43 bits per heavy atom. The second-order valence-corrected chi connectivity index (χ2v) is 9.24.